The zero-order valence-electron chi connectivity index (χ0n) is 22.9. The van der Waals surface area contributed by atoms with Crippen LogP contribution in [0.5, 0.6) is 0 Å². The third-order valence-corrected chi connectivity index (χ3v) is 6.66. The van der Waals surface area contributed by atoms with Crippen molar-refractivity contribution in [1.82, 2.24) is 15.3 Å². The monoisotopic (exact) mass is 618 g/mol. The Morgan fingerprint density at radius 3 is 2.40 bits per heavy atom. The van der Waals surface area contributed by atoms with Crippen LogP contribution in [0, 0.1) is 23.0 Å². The van der Waals surface area contributed by atoms with E-state index in [-0.39, 0.29) is 34.3 Å². The van der Waals surface area contributed by atoms with Gasteiger partial charge in [-0.2, -0.15) is 5.26 Å². The molecular weight excluding hydrogens is 592 g/mol. The number of rotatable bonds is 11. The van der Waals surface area contributed by atoms with Crippen molar-refractivity contribution < 1.29 is 31.9 Å². The highest BCUT2D eigenvalue weighted by atomic mass is 35.5. The second kappa shape index (κ2) is 15.1. The minimum absolute atomic E-state index is 0.130. The summed E-state index contributed by atoms with van der Waals surface area (Å²) in [5.74, 6) is -5.24. The molecule has 4 rings (SSSR count). The lowest BCUT2D eigenvalue weighted by molar-refractivity contribution is -0.131. The van der Waals surface area contributed by atoms with Gasteiger partial charge in [-0.1, -0.05) is 43.1 Å². The van der Waals surface area contributed by atoms with Gasteiger partial charge in [0.05, 0.1) is 5.69 Å². The number of amides is 3. The van der Waals surface area contributed by atoms with Gasteiger partial charge in [-0.05, 0) is 30.7 Å². The van der Waals surface area contributed by atoms with Crippen molar-refractivity contribution in [3.8, 4) is 6.07 Å². The summed E-state index contributed by atoms with van der Waals surface area (Å²) < 4.78 is 53.4. The van der Waals surface area contributed by atoms with Crippen LogP contribution in [0.2, 0.25) is 5.02 Å². The van der Waals surface area contributed by atoms with Crippen LogP contribution in [0.4, 0.5) is 29.2 Å². The number of nitriles is 1. The summed E-state index contributed by atoms with van der Waals surface area (Å²) in [6.45, 7) is 2.62. The van der Waals surface area contributed by atoms with Gasteiger partial charge >= 0.3 is 0 Å². The number of halogens is 5. The lowest BCUT2D eigenvalue weighted by Crippen LogP contribution is -2.53. The molecule has 1 aromatic heterocycles. The molecule has 1 heterocycles. The fourth-order valence-corrected chi connectivity index (χ4v) is 4.43. The molecule has 1 unspecified atom stereocenters. The summed E-state index contributed by atoms with van der Waals surface area (Å²) in [6, 6.07) is 9.73. The van der Waals surface area contributed by atoms with E-state index in [1.165, 1.54) is 29.3 Å². The summed E-state index contributed by atoms with van der Waals surface area (Å²) in [6.07, 6.45) is 3.22. The van der Waals surface area contributed by atoms with Gasteiger partial charge in [-0.3, -0.25) is 24.2 Å². The quantitative estimate of drug-likeness (QED) is 0.229. The summed E-state index contributed by atoms with van der Waals surface area (Å²) in [5, 5.41) is 11.2. The molecule has 0 radical (unpaired) electrons. The van der Waals surface area contributed by atoms with Crippen molar-refractivity contribution in [2.45, 2.75) is 50.6 Å². The van der Waals surface area contributed by atoms with Crippen molar-refractivity contribution in [2.75, 3.05) is 16.3 Å². The first kappa shape index (κ1) is 32.9. The molecule has 43 heavy (non-hydrogen) atoms. The fourth-order valence-electron chi connectivity index (χ4n) is 4.19. The molecule has 0 aliphatic heterocycles. The lowest BCUT2D eigenvalue weighted by atomic mass is 9.87. The Labute approximate surface area is 250 Å². The van der Waals surface area contributed by atoms with Gasteiger partial charge in [0.25, 0.3) is 5.92 Å². The standard InChI is InChI=1S/C19H15ClF4N2O2.C10H12N4O/c20-16-4-2-1-3-15(16)17(18(28)25-13-8-19(23,24)9-13)26(10-27)14-6-11(21)5-12(22)7-14;1-2-3-6-14(8-15)10-12-5-4-9(7-11)13-10/h1-7,10,13,17H,8-9H2,(H,25,28);4-5,8H,2-3,6H2,1H3. The SMILES string of the molecule is CCCCN(C=O)c1nccc(C#N)n1.O=CN(c1cc(F)cc(F)c1)C(C(=O)NC1CC(F)(F)C1)c1ccccc1Cl. The van der Waals surface area contributed by atoms with E-state index in [1.807, 2.05) is 13.0 Å². The highest BCUT2D eigenvalue weighted by Crippen LogP contribution is 2.38. The molecule has 226 valence electrons. The van der Waals surface area contributed by atoms with E-state index in [0.717, 1.165) is 29.9 Å². The number of hydrogen-bond acceptors (Lipinski definition) is 6. The van der Waals surface area contributed by atoms with Gasteiger partial charge in [-0.25, -0.2) is 27.5 Å². The van der Waals surface area contributed by atoms with Gasteiger partial charge < -0.3 is 5.32 Å². The third kappa shape index (κ3) is 8.96. The molecule has 1 saturated carbocycles. The van der Waals surface area contributed by atoms with E-state index in [1.54, 1.807) is 12.1 Å². The maximum absolute atomic E-state index is 13.6. The van der Waals surface area contributed by atoms with Gasteiger partial charge in [-0.15, -0.1) is 0 Å². The number of unbranched alkanes of at least 4 members (excludes halogenated alkanes) is 1. The van der Waals surface area contributed by atoms with Gasteiger partial charge in [0.2, 0.25) is 24.7 Å². The second-order valence-electron chi connectivity index (χ2n) is 9.54. The molecule has 1 fully saturated rings. The van der Waals surface area contributed by atoms with E-state index < -0.39 is 48.4 Å². The molecule has 0 saturated heterocycles. The Morgan fingerprint density at radius 2 is 1.84 bits per heavy atom. The van der Waals surface area contributed by atoms with E-state index in [2.05, 4.69) is 15.3 Å². The number of alkyl halides is 2. The van der Waals surface area contributed by atoms with Crippen LogP contribution in [-0.4, -0.2) is 47.2 Å². The van der Waals surface area contributed by atoms with Crippen molar-refractivity contribution >= 4 is 42.0 Å². The minimum atomic E-state index is -2.85. The number of anilines is 2. The average Bonchev–Trinajstić information content (AvgIpc) is 2.95. The Hall–Kier alpha value is -4.57. The zero-order chi connectivity index (χ0) is 31.6. The zero-order valence-corrected chi connectivity index (χ0v) is 23.6. The van der Waals surface area contributed by atoms with Gasteiger partial charge in [0.1, 0.15) is 29.4 Å². The Morgan fingerprint density at radius 1 is 1.16 bits per heavy atom. The molecule has 1 N–H and O–H groups in total. The molecular formula is C29H27ClF4N6O3. The smallest absolute Gasteiger partial charge is 0.252 e. The molecule has 3 amide bonds. The third-order valence-electron chi connectivity index (χ3n) is 6.32. The maximum atomic E-state index is 13.6. The number of nitrogens with one attached hydrogen (secondary N) is 1. The topological polar surface area (TPSA) is 119 Å². The lowest BCUT2D eigenvalue weighted by Gasteiger charge is -2.37. The average molecular weight is 619 g/mol. The number of carbonyl (C=O) groups excluding carboxylic acids is 3. The molecule has 9 nitrogen and oxygen atoms in total. The van der Waals surface area contributed by atoms with Crippen LogP contribution in [0.1, 0.15) is 49.9 Å². The Kier molecular flexibility index (Phi) is 11.5. The molecule has 0 spiro atoms. The highest BCUT2D eigenvalue weighted by Gasteiger charge is 2.47. The second-order valence-corrected chi connectivity index (χ2v) is 9.95. The number of aromatic nitrogens is 2. The molecule has 1 aliphatic rings. The first-order valence-corrected chi connectivity index (χ1v) is 13.5. The predicted octanol–water partition coefficient (Wildman–Crippen LogP) is 5.35. The Bertz CT molecular complexity index is 1460. The molecule has 1 atom stereocenters. The highest BCUT2D eigenvalue weighted by molar-refractivity contribution is 6.31. The number of nitrogens with zero attached hydrogens (tertiary/aromatic N) is 5. The fraction of sp³-hybridized carbons (Fsp3) is 0.310. The van der Waals surface area contributed by atoms with Crippen LogP contribution >= 0.6 is 11.6 Å². The van der Waals surface area contributed by atoms with Crippen molar-refractivity contribution in [3.63, 3.8) is 0 Å². The van der Waals surface area contributed by atoms with Crippen molar-refractivity contribution in [2.24, 2.45) is 0 Å². The van der Waals surface area contributed by atoms with E-state index >= 15 is 0 Å². The molecule has 2 aromatic carbocycles. The van der Waals surface area contributed by atoms with Crippen LogP contribution in [0.3, 0.4) is 0 Å². The van der Waals surface area contributed by atoms with Crippen LogP contribution in [0.15, 0.2) is 54.7 Å². The van der Waals surface area contributed by atoms with E-state index in [9.17, 15) is 31.9 Å². The summed E-state index contributed by atoms with van der Waals surface area (Å²) in [7, 11) is 0. The van der Waals surface area contributed by atoms with Crippen molar-refractivity contribution in [3.05, 3.63) is 82.6 Å². The number of hydrogen-bond donors (Lipinski definition) is 1. The van der Waals surface area contributed by atoms with Crippen LogP contribution < -0.4 is 15.1 Å². The largest absolute Gasteiger partial charge is 0.351 e. The number of benzene rings is 2. The van der Waals surface area contributed by atoms with Gasteiger partial charge in [0, 0.05) is 48.3 Å². The molecule has 14 heteroatoms. The van der Waals surface area contributed by atoms with Crippen molar-refractivity contribution in [1.29, 1.82) is 5.26 Å². The Balaban J connectivity index is 0.000000285. The molecule has 3 aromatic rings. The summed E-state index contributed by atoms with van der Waals surface area (Å²) in [4.78, 5) is 45.5. The van der Waals surface area contributed by atoms with Gasteiger partial charge in [0.15, 0.2) is 0 Å². The normalized spacial score (nSPS) is 14.2. The minimum Gasteiger partial charge on any atom is -0.351 e. The van der Waals surface area contributed by atoms with E-state index in [0.29, 0.717) is 19.0 Å². The first-order valence-electron chi connectivity index (χ1n) is 13.1. The predicted molar refractivity (Wildman–Crippen MR) is 150 cm³/mol. The summed E-state index contributed by atoms with van der Waals surface area (Å²) >= 11 is 6.15. The van der Waals surface area contributed by atoms with Crippen LogP contribution in [0.25, 0.3) is 0 Å². The van der Waals surface area contributed by atoms with Crippen LogP contribution in [-0.2, 0) is 14.4 Å². The molecule has 0 bridgehead atoms. The number of carbonyl (C=O) groups is 3. The maximum Gasteiger partial charge on any atom is 0.252 e. The molecule has 1 aliphatic carbocycles. The summed E-state index contributed by atoms with van der Waals surface area (Å²) in [5.41, 5.74) is 0.236. The van der Waals surface area contributed by atoms with E-state index in [4.69, 9.17) is 16.9 Å². The first-order chi connectivity index (χ1) is 20.5.